The van der Waals surface area contributed by atoms with Gasteiger partial charge >= 0.3 is 0 Å². The molecule has 0 radical (unpaired) electrons. The van der Waals surface area contributed by atoms with Crippen LogP contribution in [-0.2, 0) is 4.79 Å². The maximum atomic E-state index is 12.7. The largest absolute Gasteiger partial charge is 0.339 e. The molecule has 3 aromatic rings. The number of carbonyl (C=O) groups is 2. The number of hydrogen-bond donors (Lipinski definition) is 1. The Bertz CT molecular complexity index is 1030. The summed E-state index contributed by atoms with van der Waals surface area (Å²) < 4.78 is 5.53. The summed E-state index contributed by atoms with van der Waals surface area (Å²) in [5.41, 5.74) is 1.89. The van der Waals surface area contributed by atoms with Gasteiger partial charge in [0.25, 0.3) is 5.91 Å². The first kappa shape index (κ1) is 19.8. The first-order chi connectivity index (χ1) is 14.6. The zero-order valence-corrected chi connectivity index (χ0v) is 16.7. The standard InChI is InChI=1S/C22H23N5O3/c1-2-19(28)24-17-9-5-7-15(13-17)20-25-21(30-26-20)16-8-6-12-27(14-16)22(29)18-10-3-4-11-23-18/h3-5,7,9-11,13,16H,2,6,8,12,14H2,1H3,(H,24,28). The Kier molecular flexibility index (Phi) is 5.83. The number of likely N-dealkylation sites (tertiary alicyclic amines) is 1. The lowest BCUT2D eigenvalue weighted by Gasteiger charge is -2.30. The summed E-state index contributed by atoms with van der Waals surface area (Å²) in [6.07, 6.45) is 3.77. The van der Waals surface area contributed by atoms with Gasteiger partial charge in [0.05, 0.1) is 5.92 Å². The Morgan fingerprint density at radius 3 is 2.93 bits per heavy atom. The highest BCUT2D eigenvalue weighted by molar-refractivity contribution is 5.92. The lowest BCUT2D eigenvalue weighted by Crippen LogP contribution is -2.39. The molecule has 1 unspecified atom stereocenters. The number of benzene rings is 1. The molecule has 8 nitrogen and oxygen atoms in total. The number of nitrogens with zero attached hydrogens (tertiary/aromatic N) is 4. The van der Waals surface area contributed by atoms with Gasteiger partial charge in [-0.3, -0.25) is 14.6 Å². The zero-order valence-electron chi connectivity index (χ0n) is 16.7. The van der Waals surface area contributed by atoms with Crippen LogP contribution in [0.3, 0.4) is 0 Å². The van der Waals surface area contributed by atoms with Crippen LogP contribution in [0.4, 0.5) is 5.69 Å². The minimum absolute atomic E-state index is 0.0179. The second-order valence-corrected chi connectivity index (χ2v) is 7.24. The van der Waals surface area contributed by atoms with Gasteiger partial charge in [-0.2, -0.15) is 4.98 Å². The fourth-order valence-corrected chi connectivity index (χ4v) is 3.52. The van der Waals surface area contributed by atoms with Crippen LogP contribution in [0.5, 0.6) is 0 Å². The van der Waals surface area contributed by atoms with Crippen LogP contribution >= 0.6 is 0 Å². The normalized spacial score (nSPS) is 16.3. The second kappa shape index (κ2) is 8.86. The summed E-state index contributed by atoms with van der Waals surface area (Å²) in [5.74, 6) is 0.827. The molecule has 154 valence electrons. The zero-order chi connectivity index (χ0) is 20.9. The van der Waals surface area contributed by atoms with Crippen molar-refractivity contribution in [2.45, 2.75) is 32.1 Å². The number of amides is 2. The molecule has 1 aliphatic heterocycles. The predicted molar refractivity (Wildman–Crippen MR) is 111 cm³/mol. The number of pyridine rings is 1. The van der Waals surface area contributed by atoms with Gasteiger partial charge in [-0.05, 0) is 37.1 Å². The quantitative estimate of drug-likeness (QED) is 0.697. The molecule has 1 N–H and O–H groups in total. The minimum atomic E-state index is -0.0839. The maximum Gasteiger partial charge on any atom is 0.272 e. The van der Waals surface area contributed by atoms with Crippen LogP contribution in [0, 0.1) is 0 Å². The van der Waals surface area contributed by atoms with E-state index in [0.717, 1.165) is 18.4 Å². The van der Waals surface area contributed by atoms with E-state index in [4.69, 9.17) is 4.52 Å². The number of hydrogen-bond acceptors (Lipinski definition) is 6. The first-order valence-electron chi connectivity index (χ1n) is 10.1. The van der Waals surface area contributed by atoms with Crippen LogP contribution in [0.1, 0.15) is 48.5 Å². The molecule has 0 spiro atoms. The van der Waals surface area contributed by atoms with Crippen molar-refractivity contribution < 1.29 is 14.1 Å². The highest BCUT2D eigenvalue weighted by Crippen LogP contribution is 2.29. The molecule has 8 heteroatoms. The molecular formula is C22H23N5O3. The van der Waals surface area contributed by atoms with Gasteiger partial charge in [0.2, 0.25) is 17.6 Å². The van der Waals surface area contributed by atoms with Gasteiger partial charge in [0, 0.05) is 37.0 Å². The number of anilines is 1. The SMILES string of the molecule is CCC(=O)Nc1cccc(-c2noc(C3CCCN(C(=O)c4ccccn4)C3)n2)c1. The third kappa shape index (κ3) is 4.37. The summed E-state index contributed by atoms with van der Waals surface area (Å²) in [4.78, 5) is 34.9. The molecule has 1 aromatic carbocycles. The fourth-order valence-electron chi connectivity index (χ4n) is 3.52. The van der Waals surface area contributed by atoms with Gasteiger partial charge in [0.15, 0.2) is 0 Å². The van der Waals surface area contributed by atoms with Crippen molar-refractivity contribution in [2.75, 3.05) is 18.4 Å². The van der Waals surface area contributed by atoms with Gasteiger partial charge in [-0.25, -0.2) is 0 Å². The Morgan fingerprint density at radius 1 is 1.23 bits per heavy atom. The van der Waals surface area contributed by atoms with Crippen molar-refractivity contribution in [1.29, 1.82) is 0 Å². The first-order valence-corrected chi connectivity index (χ1v) is 10.1. The molecule has 1 fully saturated rings. The van der Waals surface area contributed by atoms with Crippen molar-refractivity contribution in [3.63, 3.8) is 0 Å². The average Bonchev–Trinajstić information content (AvgIpc) is 3.30. The number of nitrogens with one attached hydrogen (secondary N) is 1. The maximum absolute atomic E-state index is 12.7. The van der Waals surface area contributed by atoms with E-state index >= 15 is 0 Å². The number of carbonyl (C=O) groups excluding carboxylic acids is 2. The molecule has 1 saturated heterocycles. The lowest BCUT2D eigenvalue weighted by atomic mass is 9.97. The van der Waals surface area contributed by atoms with Crippen molar-refractivity contribution >= 4 is 17.5 Å². The third-order valence-electron chi connectivity index (χ3n) is 5.11. The van der Waals surface area contributed by atoms with Crippen molar-refractivity contribution in [3.8, 4) is 11.4 Å². The Balaban J connectivity index is 1.48. The van der Waals surface area contributed by atoms with E-state index < -0.39 is 0 Å². The summed E-state index contributed by atoms with van der Waals surface area (Å²) in [6, 6.07) is 12.7. The Morgan fingerprint density at radius 2 is 2.13 bits per heavy atom. The molecular weight excluding hydrogens is 382 g/mol. The predicted octanol–water partition coefficient (Wildman–Crippen LogP) is 3.50. The molecule has 4 rings (SSSR count). The molecule has 0 bridgehead atoms. The third-order valence-corrected chi connectivity index (χ3v) is 5.11. The van der Waals surface area contributed by atoms with E-state index in [1.165, 1.54) is 0 Å². The summed E-state index contributed by atoms with van der Waals surface area (Å²) >= 11 is 0. The van der Waals surface area contributed by atoms with E-state index in [1.54, 1.807) is 30.2 Å². The Hall–Kier alpha value is -3.55. The van der Waals surface area contributed by atoms with E-state index in [9.17, 15) is 9.59 Å². The number of piperidine rings is 1. The van der Waals surface area contributed by atoms with E-state index in [1.807, 2.05) is 30.3 Å². The van der Waals surface area contributed by atoms with Crippen molar-refractivity contribution in [1.82, 2.24) is 20.0 Å². The van der Waals surface area contributed by atoms with Crippen LogP contribution in [0.25, 0.3) is 11.4 Å². The molecule has 0 aliphatic carbocycles. The van der Waals surface area contributed by atoms with Crippen LogP contribution in [-0.4, -0.2) is 44.9 Å². The van der Waals surface area contributed by atoms with Crippen molar-refractivity contribution in [2.24, 2.45) is 0 Å². The molecule has 1 atom stereocenters. The molecule has 3 heterocycles. The fraction of sp³-hybridized carbons (Fsp3) is 0.318. The van der Waals surface area contributed by atoms with E-state index in [2.05, 4.69) is 20.4 Å². The van der Waals surface area contributed by atoms with Gasteiger partial charge in [-0.1, -0.05) is 30.3 Å². The molecule has 2 amide bonds. The average molecular weight is 405 g/mol. The summed E-state index contributed by atoms with van der Waals surface area (Å²) in [5, 5.41) is 6.95. The molecule has 2 aromatic heterocycles. The molecule has 1 aliphatic rings. The van der Waals surface area contributed by atoms with Crippen molar-refractivity contribution in [3.05, 3.63) is 60.2 Å². The second-order valence-electron chi connectivity index (χ2n) is 7.24. The van der Waals surface area contributed by atoms with Crippen LogP contribution in [0.15, 0.2) is 53.2 Å². The van der Waals surface area contributed by atoms with Gasteiger partial charge in [-0.15, -0.1) is 0 Å². The van der Waals surface area contributed by atoms with Crippen LogP contribution < -0.4 is 5.32 Å². The monoisotopic (exact) mass is 405 g/mol. The smallest absolute Gasteiger partial charge is 0.272 e. The number of rotatable bonds is 5. The molecule has 30 heavy (non-hydrogen) atoms. The highest BCUT2D eigenvalue weighted by atomic mass is 16.5. The van der Waals surface area contributed by atoms with E-state index in [-0.39, 0.29) is 17.7 Å². The van der Waals surface area contributed by atoms with Crippen LogP contribution in [0.2, 0.25) is 0 Å². The summed E-state index contributed by atoms with van der Waals surface area (Å²) in [7, 11) is 0. The summed E-state index contributed by atoms with van der Waals surface area (Å²) in [6.45, 7) is 3.01. The minimum Gasteiger partial charge on any atom is -0.339 e. The Labute approximate surface area is 174 Å². The lowest BCUT2D eigenvalue weighted by molar-refractivity contribution is -0.115. The van der Waals surface area contributed by atoms with Gasteiger partial charge < -0.3 is 14.7 Å². The van der Waals surface area contributed by atoms with E-state index in [0.29, 0.717) is 42.6 Å². The highest BCUT2D eigenvalue weighted by Gasteiger charge is 2.29. The topological polar surface area (TPSA) is 101 Å². The van der Waals surface area contributed by atoms with Gasteiger partial charge in [0.1, 0.15) is 5.69 Å². The molecule has 0 saturated carbocycles. The number of aromatic nitrogens is 3.